The zero-order valence-corrected chi connectivity index (χ0v) is 16.2. The average Bonchev–Trinajstić information content (AvgIpc) is 3.45. The third-order valence-corrected chi connectivity index (χ3v) is 6.17. The minimum Gasteiger partial charge on any atom is -0.477 e. The number of rotatable bonds is 6. The maximum absolute atomic E-state index is 11.6. The van der Waals surface area contributed by atoms with E-state index >= 15 is 0 Å². The molecule has 1 aromatic heterocycles. The molecule has 7 nitrogen and oxygen atoms in total. The van der Waals surface area contributed by atoms with Crippen molar-refractivity contribution in [1.82, 2.24) is 9.97 Å². The summed E-state index contributed by atoms with van der Waals surface area (Å²) < 4.78 is 0. The second-order valence-corrected chi connectivity index (χ2v) is 8.07. The Morgan fingerprint density at radius 1 is 1.25 bits per heavy atom. The number of hydrogen-bond donors (Lipinski definition) is 3. The van der Waals surface area contributed by atoms with E-state index in [1.54, 1.807) is 12.1 Å². The first kappa shape index (κ1) is 19.0. The van der Waals surface area contributed by atoms with Crippen LogP contribution in [-0.4, -0.2) is 39.2 Å². The first-order chi connectivity index (χ1) is 13.5. The topological polar surface area (TPSA) is 98.6 Å². The Morgan fingerprint density at radius 2 is 2.00 bits per heavy atom. The summed E-state index contributed by atoms with van der Waals surface area (Å²) in [6.07, 6.45) is 6.32. The van der Waals surface area contributed by atoms with E-state index in [1.807, 2.05) is 6.07 Å². The molecule has 1 aromatic carbocycles. The summed E-state index contributed by atoms with van der Waals surface area (Å²) in [7, 11) is 0. The number of benzene rings is 1. The van der Waals surface area contributed by atoms with E-state index in [9.17, 15) is 15.0 Å². The standard InChI is InChI=1S/C20H23ClN4O3/c21-16-9-13(1-2-14(16)12-26)10-22-17-15(18(27)28)11-23-19(24-17)25-7-5-20(3-4-20)6-8-25/h1-2,9,11,26H,3-8,10,12H2,(H,27,28)(H,22,23,24). The van der Waals surface area contributed by atoms with E-state index in [0.29, 0.717) is 34.3 Å². The van der Waals surface area contributed by atoms with Crippen molar-refractivity contribution < 1.29 is 15.0 Å². The lowest BCUT2D eigenvalue weighted by Gasteiger charge is -2.32. The Kier molecular flexibility index (Phi) is 5.12. The second-order valence-electron chi connectivity index (χ2n) is 7.66. The molecular weight excluding hydrogens is 380 g/mol. The molecule has 0 unspecified atom stereocenters. The number of nitrogens with zero attached hydrogens (tertiary/aromatic N) is 3. The number of anilines is 2. The van der Waals surface area contributed by atoms with E-state index in [4.69, 9.17) is 11.6 Å². The number of nitrogens with one attached hydrogen (secondary N) is 1. The van der Waals surface area contributed by atoms with Gasteiger partial charge < -0.3 is 20.4 Å². The SMILES string of the molecule is O=C(O)c1cnc(N2CCC3(CC2)CC3)nc1NCc1ccc(CO)c(Cl)c1. The van der Waals surface area contributed by atoms with Crippen LogP contribution in [0.4, 0.5) is 11.8 Å². The van der Waals surface area contributed by atoms with Gasteiger partial charge in [-0.25, -0.2) is 9.78 Å². The molecule has 0 radical (unpaired) electrons. The third kappa shape index (κ3) is 3.91. The van der Waals surface area contributed by atoms with Crippen molar-refractivity contribution in [3.05, 3.63) is 46.1 Å². The maximum atomic E-state index is 11.6. The van der Waals surface area contributed by atoms with E-state index < -0.39 is 5.97 Å². The molecule has 1 saturated heterocycles. The number of piperidine rings is 1. The van der Waals surface area contributed by atoms with Gasteiger partial charge in [0.25, 0.3) is 0 Å². The normalized spacial score (nSPS) is 17.6. The fourth-order valence-electron chi connectivity index (χ4n) is 3.69. The molecule has 8 heteroatoms. The summed E-state index contributed by atoms with van der Waals surface area (Å²) in [6.45, 7) is 2.06. The van der Waals surface area contributed by atoms with Crippen LogP contribution in [0.25, 0.3) is 0 Å². The zero-order chi connectivity index (χ0) is 19.7. The molecule has 1 saturated carbocycles. The van der Waals surface area contributed by atoms with Crippen LogP contribution >= 0.6 is 11.6 Å². The van der Waals surface area contributed by atoms with Crippen LogP contribution in [-0.2, 0) is 13.2 Å². The van der Waals surface area contributed by atoms with Crippen molar-refractivity contribution in [2.75, 3.05) is 23.3 Å². The van der Waals surface area contributed by atoms with E-state index in [2.05, 4.69) is 20.2 Å². The van der Waals surface area contributed by atoms with Crippen molar-refractivity contribution in [3.63, 3.8) is 0 Å². The van der Waals surface area contributed by atoms with Crippen LogP contribution < -0.4 is 10.2 Å². The summed E-state index contributed by atoms with van der Waals surface area (Å²) >= 11 is 6.13. The molecule has 2 aliphatic rings. The molecule has 1 spiro atoms. The number of aliphatic hydroxyl groups excluding tert-OH is 1. The molecule has 1 aliphatic heterocycles. The molecule has 4 rings (SSSR count). The minimum atomic E-state index is -1.07. The van der Waals surface area contributed by atoms with E-state index in [1.165, 1.54) is 19.0 Å². The Balaban J connectivity index is 1.51. The van der Waals surface area contributed by atoms with Crippen LogP contribution in [0.3, 0.4) is 0 Å². The Morgan fingerprint density at radius 3 is 2.61 bits per heavy atom. The molecule has 0 amide bonds. The average molecular weight is 403 g/mol. The van der Waals surface area contributed by atoms with Gasteiger partial charge in [-0.05, 0) is 48.3 Å². The number of aromatic nitrogens is 2. The monoisotopic (exact) mass is 402 g/mol. The largest absolute Gasteiger partial charge is 0.477 e. The quantitative estimate of drug-likeness (QED) is 0.681. The first-order valence-corrected chi connectivity index (χ1v) is 9.85. The van der Waals surface area contributed by atoms with Crippen molar-refractivity contribution in [2.24, 2.45) is 5.41 Å². The van der Waals surface area contributed by atoms with Gasteiger partial charge in [0, 0.05) is 30.9 Å². The minimum absolute atomic E-state index is 0.0393. The number of hydrogen-bond acceptors (Lipinski definition) is 6. The van der Waals surface area contributed by atoms with Gasteiger partial charge in [-0.3, -0.25) is 0 Å². The third-order valence-electron chi connectivity index (χ3n) is 5.82. The molecule has 0 bridgehead atoms. The maximum Gasteiger partial charge on any atom is 0.341 e. The van der Waals surface area contributed by atoms with Gasteiger partial charge in [-0.1, -0.05) is 23.7 Å². The number of aliphatic hydroxyl groups is 1. The molecule has 2 aromatic rings. The number of carboxylic acid groups (broad SMARTS) is 1. The van der Waals surface area contributed by atoms with Gasteiger partial charge in [0.2, 0.25) is 5.95 Å². The summed E-state index contributed by atoms with van der Waals surface area (Å²) in [5, 5.41) is 22.3. The smallest absolute Gasteiger partial charge is 0.341 e. The molecule has 0 atom stereocenters. The van der Waals surface area contributed by atoms with Crippen molar-refractivity contribution in [2.45, 2.75) is 38.8 Å². The molecule has 2 heterocycles. The van der Waals surface area contributed by atoms with Gasteiger partial charge >= 0.3 is 5.97 Å². The lowest BCUT2D eigenvalue weighted by Crippen LogP contribution is -2.35. The number of aromatic carboxylic acids is 1. The highest BCUT2D eigenvalue weighted by Crippen LogP contribution is 2.53. The summed E-state index contributed by atoms with van der Waals surface area (Å²) in [4.78, 5) is 22.5. The molecular formula is C20H23ClN4O3. The lowest BCUT2D eigenvalue weighted by atomic mass is 9.94. The highest BCUT2D eigenvalue weighted by atomic mass is 35.5. The molecule has 2 fully saturated rings. The summed E-state index contributed by atoms with van der Waals surface area (Å²) in [5.74, 6) is -0.207. The second kappa shape index (κ2) is 7.56. The van der Waals surface area contributed by atoms with Crippen molar-refractivity contribution in [3.8, 4) is 0 Å². The number of carbonyl (C=O) groups is 1. The predicted octanol–water partition coefficient (Wildman–Crippen LogP) is 3.31. The summed E-state index contributed by atoms with van der Waals surface area (Å²) in [5.41, 5.74) is 2.11. The first-order valence-electron chi connectivity index (χ1n) is 9.47. The van der Waals surface area contributed by atoms with Crippen LogP contribution in [0.2, 0.25) is 5.02 Å². The van der Waals surface area contributed by atoms with Gasteiger partial charge in [0.1, 0.15) is 11.4 Å². The van der Waals surface area contributed by atoms with Crippen LogP contribution in [0, 0.1) is 5.41 Å². The van der Waals surface area contributed by atoms with Gasteiger partial charge in [-0.15, -0.1) is 0 Å². The van der Waals surface area contributed by atoms with Gasteiger partial charge in [0.05, 0.1) is 6.61 Å². The Bertz CT molecular complexity index is 891. The number of halogens is 1. The fraction of sp³-hybridized carbons (Fsp3) is 0.450. The Labute approximate surface area is 168 Å². The molecule has 28 heavy (non-hydrogen) atoms. The highest BCUT2D eigenvalue weighted by molar-refractivity contribution is 6.31. The van der Waals surface area contributed by atoms with Crippen LogP contribution in [0.15, 0.2) is 24.4 Å². The van der Waals surface area contributed by atoms with Crippen molar-refractivity contribution in [1.29, 1.82) is 0 Å². The molecule has 1 aliphatic carbocycles. The number of carboxylic acids is 1. The predicted molar refractivity (Wildman–Crippen MR) is 107 cm³/mol. The molecule has 148 valence electrons. The Hall–Kier alpha value is -2.38. The van der Waals surface area contributed by atoms with Crippen LogP contribution in [0.5, 0.6) is 0 Å². The van der Waals surface area contributed by atoms with Crippen molar-refractivity contribution >= 4 is 29.3 Å². The highest BCUT2D eigenvalue weighted by Gasteiger charge is 2.44. The van der Waals surface area contributed by atoms with Crippen LogP contribution in [0.1, 0.15) is 47.2 Å². The van der Waals surface area contributed by atoms with Gasteiger partial charge in [-0.2, -0.15) is 4.98 Å². The summed E-state index contributed by atoms with van der Waals surface area (Å²) in [6, 6.07) is 5.35. The lowest BCUT2D eigenvalue weighted by molar-refractivity contribution is 0.0697. The van der Waals surface area contributed by atoms with Gasteiger partial charge in [0.15, 0.2) is 0 Å². The zero-order valence-electron chi connectivity index (χ0n) is 15.5. The van der Waals surface area contributed by atoms with E-state index in [-0.39, 0.29) is 12.2 Å². The molecule has 3 N–H and O–H groups in total. The fourth-order valence-corrected chi connectivity index (χ4v) is 3.95. The van der Waals surface area contributed by atoms with E-state index in [0.717, 1.165) is 31.5 Å².